The zero-order chi connectivity index (χ0) is 25.4. The zero-order valence-corrected chi connectivity index (χ0v) is 21.1. The molecule has 35 heavy (non-hydrogen) atoms. The first-order valence-corrected chi connectivity index (χ1v) is 12.5. The van der Waals surface area contributed by atoms with Gasteiger partial charge in [0.2, 0.25) is 11.8 Å². The van der Waals surface area contributed by atoms with E-state index in [1.165, 1.54) is 7.11 Å². The van der Waals surface area contributed by atoms with Gasteiger partial charge in [-0.1, -0.05) is 73.9 Å². The molecule has 0 spiro atoms. The summed E-state index contributed by atoms with van der Waals surface area (Å²) in [4.78, 5) is 38.3. The number of ether oxygens (including phenoxy) is 1. The number of carboxylic acid groups (broad SMARTS) is 1. The second-order valence-electron chi connectivity index (χ2n) is 9.15. The topological polar surface area (TPSA) is 105 Å². The van der Waals surface area contributed by atoms with E-state index in [1.807, 2.05) is 54.6 Å². The number of thiol groups is 1. The van der Waals surface area contributed by atoms with E-state index < -0.39 is 40.7 Å². The van der Waals surface area contributed by atoms with Crippen molar-refractivity contribution in [2.24, 2.45) is 0 Å². The van der Waals surface area contributed by atoms with Crippen LogP contribution in [0.25, 0.3) is 11.1 Å². The molecule has 2 aromatic rings. The van der Waals surface area contributed by atoms with E-state index >= 15 is 0 Å². The van der Waals surface area contributed by atoms with Gasteiger partial charge in [0.05, 0.1) is 6.10 Å². The second kappa shape index (κ2) is 12.2. The summed E-state index contributed by atoms with van der Waals surface area (Å²) >= 11 is 4.35. The van der Waals surface area contributed by atoms with Gasteiger partial charge in [0.15, 0.2) is 0 Å². The highest BCUT2D eigenvalue weighted by molar-refractivity contribution is 7.81. The summed E-state index contributed by atoms with van der Waals surface area (Å²) in [5.41, 5.74) is 1.74. The number of carbonyl (C=O) groups excluding carboxylic acids is 2. The minimum atomic E-state index is -1.16. The van der Waals surface area contributed by atoms with Crippen molar-refractivity contribution in [2.45, 2.75) is 68.4 Å². The molecule has 1 saturated carbocycles. The predicted octanol–water partition coefficient (Wildman–Crippen LogP) is 3.62. The van der Waals surface area contributed by atoms with Crippen LogP contribution in [0.4, 0.5) is 0 Å². The highest BCUT2D eigenvalue weighted by Crippen LogP contribution is 2.29. The number of methoxy groups -OCH3 is 1. The van der Waals surface area contributed by atoms with Crippen LogP contribution in [0.1, 0.15) is 44.6 Å². The van der Waals surface area contributed by atoms with Gasteiger partial charge < -0.3 is 20.5 Å². The fourth-order valence-electron chi connectivity index (χ4n) is 4.41. The van der Waals surface area contributed by atoms with E-state index in [0.29, 0.717) is 12.8 Å². The maximum Gasteiger partial charge on any atom is 0.326 e. The molecule has 0 radical (unpaired) electrons. The summed E-state index contributed by atoms with van der Waals surface area (Å²) in [5.74, 6) is -1.99. The Morgan fingerprint density at radius 3 is 2.17 bits per heavy atom. The van der Waals surface area contributed by atoms with Crippen LogP contribution in [-0.2, 0) is 25.5 Å². The van der Waals surface area contributed by atoms with Crippen LogP contribution in [0.3, 0.4) is 0 Å². The smallest absolute Gasteiger partial charge is 0.326 e. The van der Waals surface area contributed by atoms with Crippen LogP contribution in [-0.4, -0.2) is 52.9 Å². The monoisotopic (exact) mass is 498 g/mol. The molecule has 0 heterocycles. The SMILES string of the molecule is COC(C)C(S)C(=O)NC1(C(=O)NC(Cc2ccc(-c3ccccc3)cc2)C(=O)O)CCCCC1. The molecule has 8 heteroatoms. The van der Waals surface area contributed by atoms with Gasteiger partial charge in [0, 0.05) is 13.5 Å². The number of hydrogen-bond donors (Lipinski definition) is 4. The number of amides is 2. The van der Waals surface area contributed by atoms with E-state index in [4.69, 9.17) is 4.74 Å². The quantitative estimate of drug-likeness (QED) is 0.375. The highest BCUT2D eigenvalue weighted by Gasteiger charge is 2.43. The zero-order valence-electron chi connectivity index (χ0n) is 20.2. The number of hydrogen-bond acceptors (Lipinski definition) is 5. The first-order chi connectivity index (χ1) is 16.8. The Kier molecular flexibility index (Phi) is 9.34. The van der Waals surface area contributed by atoms with E-state index in [9.17, 15) is 19.5 Å². The molecule has 3 N–H and O–H groups in total. The third-order valence-electron chi connectivity index (χ3n) is 6.69. The van der Waals surface area contributed by atoms with Crippen LogP contribution in [0.15, 0.2) is 54.6 Å². The fourth-order valence-corrected chi connectivity index (χ4v) is 4.60. The number of carboxylic acids is 1. The van der Waals surface area contributed by atoms with Gasteiger partial charge in [-0.3, -0.25) is 9.59 Å². The van der Waals surface area contributed by atoms with Crippen LogP contribution in [0, 0.1) is 0 Å². The standard InChI is InChI=1S/C27H34N2O5S/c1-18(34-2)23(35)24(30)29-27(15-7-4-8-16-27)26(33)28-22(25(31)32)17-19-11-13-21(14-12-19)20-9-5-3-6-10-20/h3,5-6,9-14,18,22-23,35H,4,7-8,15-17H2,1-2H3,(H,28,33)(H,29,30)(H,31,32). The van der Waals surface area contributed by atoms with Gasteiger partial charge in [-0.15, -0.1) is 0 Å². The van der Waals surface area contributed by atoms with Crippen LogP contribution in [0.2, 0.25) is 0 Å². The van der Waals surface area contributed by atoms with E-state index in [0.717, 1.165) is 36.0 Å². The van der Waals surface area contributed by atoms with Crippen molar-refractivity contribution in [3.63, 3.8) is 0 Å². The van der Waals surface area contributed by atoms with Crippen molar-refractivity contribution in [1.29, 1.82) is 0 Å². The van der Waals surface area contributed by atoms with Crippen LogP contribution < -0.4 is 10.6 Å². The lowest BCUT2D eigenvalue weighted by molar-refractivity contribution is -0.144. The van der Waals surface area contributed by atoms with Crippen molar-refractivity contribution in [3.05, 3.63) is 60.2 Å². The van der Waals surface area contributed by atoms with E-state index in [2.05, 4.69) is 23.3 Å². The molecule has 3 rings (SSSR count). The Morgan fingerprint density at radius 2 is 1.60 bits per heavy atom. The number of aliphatic carboxylic acids is 1. The lowest BCUT2D eigenvalue weighted by Crippen LogP contribution is -2.63. The molecule has 3 atom stereocenters. The maximum atomic E-state index is 13.4. The first kappa shape index (κ1) is 26.8. The molecular weight excluding hydrogens is 464 g/mol. The van der Waals surface area contributed by atoms with Crippen molar-refractivity contribution >= 4 is 30.4 Å². The van der Waals surface area contributed by atoms with Crippen molar-refractivity contribution in [1.82, 2.24) is 10.6 Å². The Labute approximate surface area is 212 Å². The molecule has 2 amide bonds. The third-order valence-corrected chi connectivity index (χ3v) is 7.35. The lowest BCUT2D eigenvalue weighted by Gasteiger charge is -2.38. The molecule has 1 aliphatic carbocycles. The largest absolute Gasteiger partial charge is 0.480 e. The van der Waals surface area contributed by atoms with Crippen LogP contribution >= 0.6 is 12.6 Å². The molecule has 7 nitrogen and oxygen atoms in total. The minimum absolute atomic E-state index is 0.135. The Morgan fingerprint density at radius 1 is 1.00 bits per heavy atom. The van der Waals surface area contributed by atoms with E-state index in [1.54, 1.807) is 6.92 Å². The van der Waals surface area contributed by atoms with E-state index in [-0.39, 0.29) is 6.42 Å². The molecule has 1 aliphatic rings. The number of rotatable bonds is 10. The minimum Gasteiger partial charge on any atom is -0.480 e. The number of carbonyl (C=O) groups is 3. The van der Waals surface area contributed by atoms with Gasteiger partial charge in [-0.05, 0) is 36.5 Å². The van der Waals surface area contributed by atoms with Crippen molar-refractivity contribution < 1.29 is 24.2 Å². The summed E-state index contributed by atoms with van der Waals surface area (Å²) in [7, 11) is 1.49. The Bertz CT molecular complexity index is 1010. The summed E-state index contributed by atoms with van der Waals surface area (Å²) in [6, 6.07) is 16.4. The number of nitrogens with one attached hydrogen (secondary N) is 2. The van der Waals surface area contributed by atoms with Gasteiger partial charge in [0.1, 0.15) is 16.8 Å². The summed E-state index contributed by atoms with van der Waals surface area (Å²) < 4.78 is 5.20. The Hall–Kier alpha value is -2.84. The molecule has 2 aromatic carbocycles. The molecule has 0 aromatic heterocycles. The second-order valence-corrected chi connectivity index (χ2v) is 9.71. The maximum absolute atomic E-state index is 13.4. The lowest BCUT2D eigenvalue weighted by atomic mass is 9.80. The molecule has 188 valence electrons. The number of benzene rings is 2. The highest BCUT2D eigenvalue weighted by atomic mass is 32.1. The fraction of sp³-hybridized carbons (Fsp3) is 0.444. The predicted molar refractivity (Wildman–Crippen MR) is 138 cm³/mol. The summed E-state index contributed by atoms with van der Waals surface area (Å²) in [6.07, 6.45) is 3.09. The molecule has 3 unspecified atom stereocenters. The molecule has 1 fully saturated rings. The van der Waals surface area contributed by atoms with Crippen molar-refractivity contribution in [2.75, 3.05) is 7.11 Å². The summed E-state index contributed by atoms with van der Waals surface area (Å²) in [5, 5.41) is 14.7. The molecular formula is C27H34N2O5S. The van der Waals surface area contributed by atoms with Gasteiger partial charge in [0.25, 0.3) is 0 Å². The van der Waals surface area contributed by atoms with Gasteiger partial charge in [-0.25, -0.2) is 4.79 Å². The average molecular weight is 499 g/mol. The Balaban J connectivity index is 1.73. The molecule has 0 saturated heterocycles. The van der Waals surface area contributed by atoms with Gasteiger partial charge in [-0.2, -0.15) is 12.6 Å². The summed E-state index contributed by atoms with van der Waals surface area (Å²) in [6.45, 7) is 1.73. The normalized spacial score (nSPS) is 17.6. The van der Waals surface area contributed by atoms with Crippen molar-refractivity contribution in [3.8, 4) is 11.1 Å². The first-order valence-electron chi connectivity index (χ1n) is 12.0. The average Bonchev–Trinajstić information content (AvgIpc) is 2.88. The van der Waals surface area contributed by atoms with Gasteiger partial charge >= 0.3 is 5.97 Å². The van der Waals surface area contributed by atoms with Crippen LogP contribution in [0.5, 0.6) is 0 Å². The molecule has 0 aliphatic heterocycles. The molecule has 0 bridgehead atoms. The third kappa shape index (κ3) is 6.86.